The second-order valence-corrected chi connectivity index (χ2v) is 2.67. The monoisotopic (exact) mass is 173 g/mol. The number of isocyanates is 1. The molecule has 0 N–H and O–H groups in total. The third-order valence-electron chi connectivity index (χ3n) is 1.80. The Labute approximate surface area is 77.6 Å². The lowest BCUT2D eigenvalue weighted by Crippen LogP contribution is -1.90. The minimum Gasteiger partial charge on any atom is -0.211 e. The summed E-state index contributed by atoms with van der Waals surface area (Å²) in [6.07, 6.45) is 4.18. The molecule has 2 heteroatoms. The first-order valence-electron chi connectivity index (χ1n) is 4.09. The van der Waals surface area contributed by atoms with E-state index in [4.69, 9.17) is 0 Å². The van der Waals surface area contributed by atoms with Gasteiger partial charge in [0.15, 0.2) is 0 Å². The number of allylic oxidation sites excluding steroid dienone is 1. The van der Waals surface area contributed by atoms with E-state index in [0.717, 1.165) is 17.5 Å². The summed E-state index contributed by atoms with van der Waals surface area (Å²) in [5.74, 6) is 0. The Morgan fingerprint density at radius 1 is 1.38 bits per heavy atom. The van der Waals surface area contributed by atoms with Crippen LogP contribution in [0.15, 0.2) is 41.9 Å². The van der Waals surface area contributed by atoms with Crippen molar-refractivity contribution in [1.29, 1.82) is 0 Å². The van der Waals surface area contributed by atoms with Gasteiger partial charge in [0.05, 0.1) is 6.54 Å². The summed E-state index contributed by atoms with van der Waals surface area (Å²) in [5, 5.41) is 0. The van der Waals surface area contributed by atoms with Crippen LogP contribution < -0.4 is 0 Å². The van der Waals surface area contributed by atoms with Crippen molar-refractivity contribution in [1.82, 2.24) is 0 Å². The van der Waals surface area contributed by atoms with Crippen molar-refractivity contribution in [3.05, 3.63) is 48.0 Å². The van der Waals surface area contributed by atoms with Gasteiger partial charge in [-0.25, -0.2) is 9.79 Å². The molecule has 0 bridgehead atoms. The maximum atomic E-state index is 9.94. The van der Waals surface area contributed by atoms with Crippen LogP contribution >= 0.6 is 0 Å². The summed E-state index contributed by atoms with van der Waals surface area (Å²) in [6, 6.07) is 7.87. The maximum Gasteiger partial charge on any atom is 0.235 e. The zero-order chi connectivity index (χ0) is 9.52. The molecule has 0 saturated carbocycles. The molecule has 1 rings (SSSR count). The van der Waals surface area contributed by atoms with Crippen LogP contribution in [0.1, 0.15) is 11.1 Å². The average Bonchev–Trinajstić information content (AvgIpc) is 2.17. The van der Waals surface area contributed by atoms with Crippen LogP contribution in [0.3, 0.4) is 0 Å². The van der Waals surface area contributed by atoms with Crippen LogP contribution in [0.5, 0.6) is 0 Å². The number of nitrogens with zero attached hydrogens (tertiary/aromatic N) is 1. The number of aliphatic imine (C=N–C) groups is 1. The first-order chi connectivity index (χ1) is 6.38. The third-order valence-corrected chi connectivity index (χ3v) is 1.80. The second kappa shape index (κ2) is 5.07. The molecule has 0 atom stereocenters. The molecule has 0 aliphatic carbocycles. The van der Waals surface area contributed by atoms with Crippen LogP contribution in [0, 0.1) is 0 Å². The van der Waals surface area contributed by atoms with E-state index in [1.165, 1.54) is 6.08 Å². The van der Waals surface area contributed by atoms with Crippen molar-refractivity contribution >= 4 is 6.08 Å². The zero-order valence-electron chi connectivity index (χ0n) is 7.36. The summed E-state index contributed by atoms with van der Waals surface area (Å²) in [6.45, 7) is 4.08. The van der Waals surface area contributed by atoms with E-state index in [0.29, 0.717) is 6.54 Å². The Kier molecular flexibility index (Phi) is 3.68. The van der Waals surface area contributed by atoms with Crippen LogP contribution in [0.2, 0.25) is 0 Å². The third kappa shape index (κ3) is 2.69. The predicted molar refractivity (Wildman–Crippen MR) is 52.2 cm³/mol. The minimum absolute atomic E-state index is 0.410. The number of benzene rings is 1. The van der Waals surface area contributed by atoms with Gasteiger partial charge in [0.2, 0.25) is 6.08 Å². The molecule has 2 nitrogen and oxygen atoms in total. The molecule has 0 aromatic heterocycles. The lowest BCUT2D eigenvalue weighted by Gasteiger charge is -2.02. The highest BCUT2D eigenvalue weighted by Crippen LogP contribution is 2.10. The highest BCUT2D eigenvalue weighted by molar-refractivity contribution is 5.35. The first-order valence-corrected chi connectivity index (χ1v) is 4.09. The number of hydrogen-bond acceptors (Lipinski definition) is 2. The molecule has 0 fully saturated rings. The van der Waals surface area contributed by atoms with Gasteiger partial charge >= 0.3 is 0 Å². The molecule has 1 aromatic rings. The molecule has 0 aliphatic heterocycles. The maximum absolute atomic E-state index is 9.94. The average molecular weight is 173 g/mol. The van der Waals surface area contributed by atoms with Gasteiger partial charge in [-0.3, -0.25) is 0 Å². The molecule has 0 saturated heterocycles. The summed E-state index contributed by atoms with van der Waals surface area (Å²) in [4.78, 5) is 13.5. The summed E-state index contributed by atoms with van der Waals surface area (Å²) < 4.78 is 0. The highest BCUT2D eigenvalue weighted by atomic mass is 16.1. The lowest BCUT2D eigenvalue weighted by molar-refractivity contribution is 0.562. The fourth-order valence-electron chi connectivity index (χ4n) is 1.18. The van der Waals surface area contributed by atoms with Gasteiger partial charge < -0.3 is 0 Å². The standard InChI is InChI=1S/C11H11NO/c1-2-5-10-6-3-4-7-11(10)8-12-9-13/h2-4,6-7H,1,5,8H2. The first kappa shape index (κ1) is 9.43. The Morgan fingerprint density at radius 2 is 2.08 bits per heavy atom. The summed E-state index contributed by atoms with van der Waals surface area (Å²) in [5.41, 5.74) is 2.22. The molecule has 0 amide bonds. The second-order valence-electron chi connectivity index (χ2n) is 2.67. The molecule has 0 aliphatic rings. The van der Waals surface area contributed by atoms with E-state index >= 15 is 0 Å². The van der Waals surface area contributed by atoms with Crippen LogP contribution in [-0.4, -0.2) is 6.08 Å². The van der Waals surface area contributed by atoms with Gasteiger partial charge in [-0.2, -0.15) is 0 Å². The zero-order valence-corrected chi connectivity index (χ0v) is 7.36. The normalized spacial score (nSPS) is 8.92. The molecule has 0 heterocycles. The van der Waals surface area contributed by atoms with Crippen molar-refractivity contribution in [2.45, 2.75) is 13.0 Å². The molecule has 0 radical (unpaired) electrons. The van der Waals surface area contributed by atoms with Crippen molar-refractivity contribution < 1.29 is 4.79 Å². The SMILES string of the molecule is C=CCc1ccccc1CN=C=O. The smallest absolute Gasteiger partial charge is 0.211 e. The van der Waals surface area contributed by atoms with E-state index in [-0.39, 0.29) is 0 Å². The van der Waals surface area contributed by atoms with Crippen LogP contribution in [0.25, 0.3) is 0 Å². The van der Waals surface area contributed by atoms with Gasteiger partial charge in [0.1, 0.15) is 0 Å². The Bertz CT molecular complexity index is 338. The van der Waals surface area contributed by atoms with E-state index in [2.05, 4.69) is 11.6 Å². The highest BCUT2D eigenvalue weighted by Gasteiger charge is 1.97. The van der Waals surface area contributed by atoms with Crippen LogP contribution in [-0.2, 0) is 17.8 Å². The van der Waals surface area contributed by atoms with Crippen LogP contribution in [0.4, 0.5) is 0 Å². The lowest BCUT2D eigenvalue weighted by atomic mass is 10.1. The van der Waals surface area contributed by atoms with Gasteiger partial charge in [-0.15, -0.1) is 6.58 Å². The van der Waals surface area contributed by atoms with Gasteiger partial charge in [0, 0.05) is 0 Å². The van der Waals surface area contributed by atoms with E-state index in [9.17, 15) is 4.79 Å². The summed E-state index contributed by atoms with van der Waals surface area (Å²) >= 11 is 0. The Hall–Kier alpha value is -1.66. The predicted octanol–water partition coefficient (Wildman–Crippen LogP) is 2.25. The van der Waals surface area contributed by atoms with Gasteiger partial charge in [-0.1, -0.05) is 30.3 Å². The van der Waals surface area contributed by atoms with E-state index in [1.54, 1.807) is 0 Å². The number of hydrogen-bond donors (Lipinski definition) is 0. The Morgan fingerprint density at radius 3 is 2.69 bits per heavy atom. The molecular weight excluding hydrogens is 162 g/mol. The van der Waals surface area contributed by atoms with E-state index in [1.807, 2.05) is 30.3 Å². The topological polar surface area (TPSA) is 29.4 Å². The van der Waals surface area contributed by atoms with Crippen molar-refractivity contribution in [3.8, 4) is 0 Å². The molecule has 1 aromatic carbocycles. The quantitative estimate of drug-likeness (QED) is 0.390. The fraction of sp³-hybridized carbons (Fsp3) is 0.182. The van der Waals surface area contributed by atoms with Crippen molar-refractivity contribution in [3.63, 3.8) is 0 Å². The van der Waals surface area contributed by atoms with Gasteiger partial charge in [-0.05, 0) is 17.5 Å². The Balaban J connectivity index is 2.89. The minimum atomic E-state index is 0.410. The molecule has 66 valence electrons. The molecule has 0 unspecified atom stereocenters. The fourth-order valence-corrected chi connectivity index (χ4v) is 1.18. The number of carbonyl (C=O) groups excluding carboxylic acids is 1. The molecular formula is C11H11NO. The van der Waals surface area contributed by atoms with Gasteiger partial charge in [0.25, 0.3) is 0 Å². The summed E-state index contributed by atoms with van der Waals surface area (Å²) in [7, 11) is 0. The number of rotatable bonds is 4. The molecule has 13 heavy (non-hydrogen) atoms. The van der Waals surface area contributed by atoms with Crippen molar-refractivity contribution in [2.75, 3.05) is 0 Å². The molecule has 0 spiro atoms. The largest absolute Gasteiger partial charge is 0.235 e. The van der Waals surface area contributed by atoms with Crippen molar-refractivity contribution in [2.24, 2.45) is 4.99 Å². The van der Waals surface area contributed by atoms with E-state index < -0.39 is 0 Å².